The van der Waals surface area contributed by atoms with E-state index < -0.39 is 6.10 Å². The van der Waals surface area contributed by atoms with Gasteiger partial charge in [0.1, 0.15) is 11.5 Å². The van der Waals surface area contributed by atoms with Crippen LogP contribution in [0.3, 0.4) is 0 Å². The van der Waals surface area contributed by atoms with E-state index in [1.165, 1.54) is 0 Å². The van der Waals surface area contributed by atoms with Crippen molar-refractivity contribution in [2.24, 2.45) is 0 Å². The molecule has 1 N–H and O–H groups in total. The van der Waals surface area contributed by atoms with Crippen LogP contribution >= 0.6 is 0 Å². The van der Waals surface area contributed by atoms with Crippen LogP contribution in [-0.2, 0) is 4.79 Å². The van der Waals surface area contributed by atoms with E-state index in [0.29, 0.717) is 18.0 Å². The molecule has 0 aliphatic rings. The quantitative estimate of drug-likeness (QED) is 0.713. The number of anilines is 1. The summed E-state index contributed by atoms with van der Waals surface area (Å²) < 4.78 is 11.3. The van der Waals surface area contributed by atoms with E-state index in [0.717, 1.165) is 16.5 Å². The summed E-state index contributed by atoms with van der Waals surface area (Å²) in [6.07, 6.45) is -0.624. The molecule has 0 spiro atoms. The van der Waals surface area contributed by atoms with E-state index >= 15 is 0 Å². The van der Waals surface area contributed by atoms with Crippen molar-refractivity contribution in [1.82, 2.24) is 0 Å². The van der Waals surface area contributed by atoms with Crippen molar-refractivity contribution in [1.29, 1.82) is 0 Å². The zero-order valence-corrected chi connectivity index (χ0v) is 14.4. The third kappa shape index (κ3) is 4.10. The van der Waals surface area contributed by atoms with Gasteiger partial charge in [-0.05, 0) is 37.4 Å². The van der Waals surface area contributed by atoms with E-state index in [4.69, 9.17) is 9.47 Å². The van der Waals surface area contributed by atoms with Crippen LogP contribution in [0.5, 0.6) is 11.5 Å². The number of rotatable bonds is 6. The number of carbonyl (C=O) groups excluding carboxylic acids is 1. The molecule has 0 radical (unpaired) electrons. The molecule has 4 nitrogen and oxygen atoms in total. The fourth-order valence-corrected chi connectivity index (χ4v) is 2.62. The Labute approximate surface area is 147 Å². The highest BCUT2D eigenvalue weighted by molar-refractivity contribution is 5.95. The molecule has 0 aliphatic carbocycles. The number of hydrogen-bond donors (Lipinski definition) is 1. The van der Waals surface area contributed by atoms with Crippen molar-refractivity contribution < 1.29 is 14.3 Å². The highest BCUT2D eigenvalue weighted by Crippen LogP contribution is 2.26. The number of benzene rings is 3. The SMILES string of the molecule is CCOc1cccc(NC(=O)[C@H](C)Oc2cccc3ccccc23)c1. The minimum absolute atomic E-state index is 0.207. The molecule has 1 atom stereocenters. The number of amides is 1. The predicted octanol–water partition coefficient (Wildman–Crippen LogP) is 4.64. The van der Waals surface area contributed by atoms with Gasteiger partial charge in [-0.15, -0.1) is 0 Å². The Kier molecular flexibility index (Phi) is 5.19. The third-order valence-corrected chi connectivity index (χ3v) is 3.84. The lowest BCUT2D eigenvalue weighted by Crippen LogP contribution is -2.30. The van der Waals surface area contributed by atoms with Crippen molar-refractivity contribution in [3.8, 4) is 11.5 Å². The fourth-order valence-electron chi connectivity index (χ4n) is 2.62. The summed E-state index contributed by atoms with van der Waals surface area (Å²) >= 11 is 0. The minimum atomic E-state index is -0.624. The second-order valence-corrected chi connectivity index (χ2v) is 5.69. The molecule has 4 heteroatoms. The summed E-state index contributed by atoms with van der Waals surface area (Å²) in [5.74, 6) is 1.22. The number of nitrogens with one attached hydrogen (secondary N) is 1. The van der Waals surface area contributed by atoms with Gasteiger partial charge in [0.25, 0.3) is 5.91 Å². The standard InChI is InChI=1S/C21H21NO3/c1-3-24-18-11-7-10-17(14-18)22-21(23)15(2)25-20-13-6-9-16-8-4-5-12-19(16)20/h4-15H,3H2,1-2H3,(H,22,23)/t15-/m0/s1. The van der Waals surface area contributed by atoms with Crippen LogP contribution in [0.2, 0.25) is 0 Å². The average molecular weight is 335 g/mol. The summed E-state index contributed by atoms with van der Waals surface area (Å²) in [6.45, 7) is 4.24. The first-order chi connectivity index (χ1) is 12.2. The Morgan fingerprint density at radius 1 is 1.04 bits per heavy atom. The topological polar surface area (TPSA) is 47.6 Å². The molecule has 0 bridgehead atoms. The van der Waals surface area contributed by atoms with Gasteiger partial charge in [0.05, 0.1) is 6.61 Å². The van der Waals surface area contributed by atoms with E-state index in [-0.39, 0.29) is 5.91 Å². The highest BCUT2D eigenvalue weighted by atomic mass is 16.5. The lowest BCUT2D eigenvalue weighted by Gasteiger charge is -2.16. The largest absolute Gasteiger partial charge is 0.494 e. The molecule has 0 aromatic heterocycles. The van der Waals surface area contributed by atoms with Gasteiger partial charge in [0.15, 0.2) is 6.10 Å². The summed E-state index contributed by atoms with van der Waals surface area (Å²) in [5.41, 5.74) is 0.685. The molecule has 25 heavy (non-hydrogen) atoms. The van der Waals surface area contributed by atoms with Gasteiger partial charge in [-0.2, -0.15) is 0 Å². The molecule has 0 saturated heterocycles. The molecule has 0 unspecified atom stereocenters. The van der Waals surface area contributed by atoms with Gasteiger partial charge in [-0.3, -0.25) is 4.79 Å². The molecule has 0 heterocycles. The van der Waals surface area contributed by atoms with E-state index in [1.54, 1.807) is 13.0 Å². The number of carbonyl (C=O) groups is 1. The molecule has 3 aromatic rings. The number of ether oxygens (including phenoxy) is 2. The van der Waals surface area contributed by atoms with Crippen LogP contribution in [0.25, 0.3) is 10.8 Å². The van der Waals surface area contributed by atoms with Crippen LogP contribution in [0.15, 0.2) is 66.7 Å². The smallest absolute Gasteiger partial charge is 0.265 e. The van der Waals surface area contributed by atoms with E-state index in [2.05, 4.69) is 5.32 Å². The molecule has 0 aliphatic heterocycles. The maximum Gasteiger partial charge on any atom is 0.265 e. The summed E-state index contributed by atoms with van der Waals surface area (Å²) in [7, 11) is 0. The van der Waals surface area contributed by atoms with E-state index in [1.807, 2.05) is 67.6 Å². The maximum atomic E-state index is 12.4. The van der Waals surface area contributed by atoms with Crippen molar-refractivity contribution in [2.45, 2.75) is 20.0 Å². The summed E-state index contributed by atoms with van der Waals surface area (Å²) in [4.78, 5) is 12.4. The van der Waals surface area contributed by atoms with Gasteiger partial charge in [-0.1, -0.05) is 42.5 Å². The maximum absolute atomic E-state index is 12.4. The lowest BCUT2D eigenvalue weighted by molar-refractivity contribution is -0.122. The Bertz CT molecular complexity index is 870. The molecule has 128 valence electrons. The monoisotopic (exact) mass is 335 g/mol. The molecular weight excluding hydrogens is 314 g/mol. The Hall–Kier alpha value is -3.01. The van der Waals surface area contributed by atoms with Crippen molar-refractivity contribution in [3.05, 3.63) is 66.7 Å². The van der Waals surface area contributed by atoms with Crippen LogP contribution in [-0.4, -0.2) is 18.6 Å². The highest BCUT2D eigenvalue weighted by Gasteiger charge is 2.16. The molecule has 0 fully saturated rings. The van der Waals surface area contributed by atoms with Gasteiger partial charge < -0.3 is 14.8 Å². The molecular formula is C21H21NO3. The van der Waals surface area contributed by atoms with Gasteiger partial charge >= 0.3 is 0 Å². The first-order valence-electron chi connectivity index (χ1n) is 8.35. The van der Waals surface area contributed by atoms with Crippen LogP contribution in [0, 0.1) is 0 Å². The average Bonchev–Trinajstić information content (AvgIpc) is 2.62. The Balaban J connectivity index is 1.71. The van der Waals surface area contributed by atoms with Crippen LogP contribution < -0.4 is 14.8 Å². The lowest BCUT2D eigenvalue weighted by atomic mass is 10.1. The van der Waals surface area contributed by atoms with Gasteiger partial charge in [0, 0.05) is 17.1 Å². The number of hydrogen-bond acceptors (Lipinski definition) is 3. The molecule has 3 aromatic carbocycles. The van der Waals surface area contributed by atoms with Crippen molar-refractivity contribution >= 4 is 22.4 Å². The summed E-state index contributed by atoms with van der Waals surface area (Å²) in [5, 5.41) is 4.93. The summed E-state index contributed by atoms with van der Waals surface area (Å²) in [6, 6.07) is 21.1. The zero-order chi connectivity index (χ0) is 17.6. The fraction of sp³-hybridized carbons (Fsp3) is 0.190. The molecule has 0 saturated carbocycles. The van der Waals surface area contributed by atoms with Crippen LogP contribution in [0.4, 0.5) is 5.69 Å². The predicted molar refractivity (Wildman–Crippen MR) is 100 cm³/mol. The van der Waals surface area contributed by atoms with Crippen LogP contribution in [0.1, 0.15) is 13.8 Å². The first-order valence-corrected chi connectivity index (χ1v) is 8.35. The first kappa shape index (κ1) is 16.8. The van der Waals surface area contributed by atoms with Crippen molar-refractivity contribution in [3.63, 3.8) is 0 Å². The van der Waals surface area contributed by atoms with Gasteiger partial charge in [-0.25, -0.2) is 0 Å². The minimum Gasteiger partial charge on any atom is -0.494 e. The molecule has 1 amide bonds. The Morgan fingerprint density at radius 2 is 1.80 bits per heavy atom. The Morgan fingerprint density at radius 3 is 2.64 bits per heavy atom. The zero-order valence-electron chi connectivity index (χ0n) is 14.4. The molecule has 3 rings (SSSR count). The second-order valence-electron chi connectivity index (χ2n) is 5.69. The second kappa shape index (κ2) is 7.71. The van der Waals surface area contributed by atoms with E-state index in [9.17, 15) is 4.79 Å². The third-order valence-electron chi connectivity index (χ3n) is 3.84. The number of fused-ring (bicyclic) bond motifs is 1. The van der Waals surface area contributed by atoms with Gasteiger partial charge in [0.2, 0.25) is 0 Å². The van der Waals surface area contributed by atoms with Crippen molar-refractivity contribution in [2.75, 3.05) is 11.9 Å². The normalized spacial score (nSPS) is 11.8.